The molecule has 1 N–H and O–H groups in total. The number of rotatable bonds is 4. The largest absolute Gasteiger partial charge is 0.296 e. The number of anilines is 1. The molecule has 6 heteroatoms. The number of benzene rings is 1. The van der Waals surface area contributed by atoms with Crippen molar-refractivity contribution in [2.24, 2.45) is 0 Å². The summed E-state index contributed by atoms with van der Waals surface area (Å²) in [6.07, 6.45) is 5.11. The van der Waals surface area contributed by atoms with E-state index in [2.05, 4.69) is 47.3 Å². The molecule has 0 saturated heterocycles. The number of carbonyl (C=O) groups is 1. The Labute approximate surface area is 167 Å². The molecule has 0 bridgehead atoms. The summed E-state index contributed by atoms with van der Waals surface area (Å²) >= 11 is 1.44. The van der Waals surface area contributed by atoms with Crippen molar-refractivity contribution in [2.45, 2.75) is 13.8 Å². The molecule has 138 valence electrons. The Bertz CT molecular complexity index is 1100. The van der Waals surface area contributed by atoms with Gasteiger partial charge in [0.05, 0.1) is 10.6 Å². The van der Waals surface area contributed by atoms with Gasteiger partial charge in [-0.3, -0.25) is 20.1 Å². The van der Waals surface area contributed by atoms with Gasteiger partial charge in [0.1, 0.15) is 5.69 Å². The molecule has 0 unspecified atom stereocenters. The quantitative estimate of drug-likeness (QED) is 0.527. The van der Waals surface area contributed by atoms with Crippen molar-refractivity contribution >= 4 is 22.4 Å². The SMILES string of the molecule is Cc1cc(C)cc(-c2nc(NC(=O)c3ccccn3)sc2-c2ccncc2)c1. The van der Waals surface area contributed by atoms with Crippen molar-refractivity contribution in [3.8, 4) is 21.7 Å². The first-order valence-corrected chi connectivity index (χ1v) is 9.64. The van der Waals surface area contributed by atoms with Crippen LogP contribution in [-0.2, 0) is 0 Å². The van der Waals surface area contributed by atoms with E-state index in [1.807, 2.05) is 12.1 Å². The lowest BCUT2D eigenvalue weighted by Gasteiger charge is -2.05. The molecule has 0 aliphatic carbocycles. The first kappa shape index (κ1) is 18.0. The Morgan fingerprint density at radius 3 is 2.36 bits per heavy atom. The van der Waals surface area contributed by atoms with Crippen molar-refractivity contribution in [3.63, 3.8) is 0 Å². The van der Waals surface area contributed by atoms with Gasteiger partial charge in [-0.05, 0) is 55.8 Å². The second kappa shape index (κ2) is 7.70. The molecule has 0 atom stereocenters. The van der Waals surface area contributed by atoms with Crippen LogP contribution in [0.5, 0.6) is 0 Å². The number of carbonyl (C=O) groups excluding carboxylic acids is 1. The van der Waals surface area contributed by atoms with Crippen LogP contribution in [0.2, 0.25) is 0 Å². The number of amides is 1. The van der Waals surface area contributed by atoms with Gasteiger partial charge in [-0.1, -0.05) is 34.6 Å². The average Bonchev–Trinajstić information content (AvgIpc) is 3.12. The molecule has 3 aromatic heterocycles. The van der Waals surface area contributed by atoms with Crippen LogP contribution in [0.3, 0.4) is 0 Å². The summed E-state index contributed by atoms with van der Waals surface area (Å²) in [6.45, 7) is 4.14. The van der Waals surface area contributed by atoms with Gasteiger partial charge in [-0.15, -0.1) is 0 Å². The summed E-state index contributed by atoms with van der Waals surface area (Å²) < 4.78 is 0. The van der Waals surface area contributed by atoms with E-state index in [0.29, 0.717) is 10.8 Å². The number of nitrogens with zero attached hydrogens (tertiary/aromatic N) is 3. The third-order valence-corrected chi connectivity index (χ3v) is 5.20. The molecule has 0 fully saturated rings. The average molecular weight is 386 g/mol. The highest BCUT2D eigenvalue weighted by Gasteiger charge is 2.18. The molecular weight excluding hydrogens is 368 g/mol. The van der Waals surface area contributed by atoms with Crippen LogP contribution in [0.4, 0.5) is 5.13 Å². The second-order valence-electron chi connectivity index (χ2n) is 6.48. The fraction of sp³-hybridized carbons (Fsp3) is 0.0909. The van der Waals surface area contributed by atoms with E-state index in [1.54, 1.807) is 36.8 Å². The first-order chi connectivity index (χ1) is 13.6. The molecule has 0 radical (unpaired) electrons. The summed E-state index contributed by atoms with van der Waals surface area (Å²) in [5, 5.41) is 3.42. The maximum absolute atomic E-state index is 12.5. The number of aromatic nitrogens is 3. The highest BCUT2D eigenvalue weighted by atomic mass is 32.1. The van der Waals surface area contributed by atoms with Crippen LogP contribution in [0, 0.1) is 13.8 Å². The van der Waals surface area contributed by atoms with E-state index in [0.717, 1.165) is 21.7 Å². The van der Waals surface area contributed by atoms with Crippen molar-refractivity contribution < 1.29 is 4.79 Å². The number of thiazole rings is 1. The summed E-state index contributed by atoms with van der Waals surface area (Å²) in [6, 6.07) is 15.5. The van der Waals surface area contributed by atoms with Gasteiger partial charge >= 0.3 is 0 Å². The predicted octanol–water partition coefficient (Wildman–Crippen LogP) is 5.14. The van der Waals surface area contributed by atoms with Crippen LogP contribution in [0.1, 0.15) is 21.6 Å². The molecule has 0 saturated carbocycles. The summed E-state index contributed by atoms with van der Waals surface area (Å²) in [7, 11) is 0. The molecule has 0 spiro atoms. The van der Waals surface area contributed by atoms with Gasteiger partial charge in [0, 0.05) is 24.2 Å². The predicted molar refractivity (Wildman–Crippen MR) is 112 cm³/mol. The highest BCUT2D eigenvalue weighted by molar-refractivity contribution is 7.19. The zero-order valence-corrected chi connectivity index (χ0v) is 16.3. The Kier molecular flexibility index (Phi) is 4.95. The second-order valence-corrected chi connectivity index (χ2v) is 7.48. The van der Waals surface area contributed by atoms with Gasteiger partial charge < -0.3 is 0 Å². The lowest BCUT2D eigenvalue weighted by atomic mass is 10.0. The summed E-state index contributed by atoms with van der Waals surface area (Å²) in [4.78, 5) is 26.4. The molecule has 0 aliphatic rings. The normalized spacial score (nSPS) is 10.6. The monoisotopic (exact) mass is 386 g/mol. The van der Waals surface area contributed by atoms with E-state index >= 15 is 0 Å². The zero-order valence-electron chi connectivity index (χ0n) is 15.5. The summed E-state index contributed by atoms with van der Waals surface area (Å²) in [5.74, 6) is -0.275. The van der Waals surface area contributed by atoms with E-state index < -0.39 is 0 Å². The Morgan fingerprint density at radius 1 is 0.929 bits per heavy atom. The van der Waals surface area contributed by atoms with Crippen LogP contribution in [-0.4, -0.2) is 20.9 Å². The molecule has 3 heterocycles. The summed E-state index contributed by atoms with van der Waals surface area (Å²) in [5.41, 5.74) is 5.58. The fourth-order valence-electron chi connectivity index (χ4n) is 3.04. The molecule has 4 aromatic rings. The number of aryl methyl sites for hydroxylation is 2. The van der Waals surface area contributed by atoms with E-state index in [-0.39, 0.29) is 5.91 Å². The van der Waals surface area contributed by atoms with E-state index in [1.165, 1.54) is 22.5 Å². The number of pyridine rings is 2. The van der Waals surface area contributed by atoms with Crippen molar-refractivity contribution in [3.05, 3.63) is 83.9 Å². The molecule has 1 aromatic carbocycles. The van der Waals surface area contributed by atoms with Crippen molar-refractivity contribution in [2.75, 3.05) is 5.32 Å². The lowest BCUT2D eigenvalue weighted by molar-refractivity contribution is 0.102. The number of hydrogen-bond acceptors (Lipinski definition) is 5. The molecular formula is C22H18N4OS. The minimum Gasteiger partial charge on any atom is -0.296 e. The van der Waals surface area contributed by atoms with Crippen LogP contribution < -0.4 is 5.32 Å². The first-order valence-electron chi connectivity index (χ1n) is 8.82. The maximum Gasteiger partial charge on any atom is 0.276 e. The third-order valence-electron chi connectivity index (χ3n) is 4.18. The third kappa shape index (κ3) is 3.82. The van der Waals surface area contributed by atoms with Crippen molar-refractivity contribution in [1.29, 1.82) is 0 Å². The minimum atomic E-state index is -0.275. The Morgan fingerprint density at radius 2 is 1.68 bits per heavy atom. The van der Waals surface area contributed by atoms with Gasteiger partial charge in [0.25, 0.3) is 5.91 Å². The van der Waals surface area contributed by atoms with Gasteiger partial charge in [0.15, 0.2) is 5.13 Å². The fourth-order valence-corrected chi connectivity index (χ4v) is 4.03. The topological polar surface area (TPSA) is 67.8 Å². The van der Waals surface area contributed by atoms with Gasteiger partial charge in [0.2, 0.25) is 0 Å². The van der Waals surface area contributed by atoms with Crippen LogP contribution in [0.15, 0.2) is 67.1 Å². The van der Waals surface area contributed by atoms with Gasteiger partial charge in [-0.2, -0.15) is 0 Å². The van der Waals surface area contributed by atoms with E-state index in [4.69, 9.17) is 4.98 Å². The highest BCUT2D eigenvalue weighted by Crippen LogP contribution is 2.39. The molecule has 1 amide bonds. The maximum atomic E-state index is 12.5. The number of hydrogen-bond donors (Lipinski definition) is 1. The molecule has 0 aliphatic heterocycles. The standard InChI is InChI=1S/C22H18N4OS/c1-14-11-15(2)13-17(12-14)19-20(16-6-9-23-10-7-16)28-22(25-19)26-21(27)18-5-3-4-8-24-18/h3-13H,1-2H3,(H,25,26,27). The minimum absolute atomic E-state index is 0.275. The molecule has 4 rings (SSSR count). The Hall–Kier alpha value is -3.38. The van der Waals surface area contributed by atoms with Crippen LogP contribution in [0.25, 0.3) is 21.7 Å². The van der Waals surface area contributed by atoms with Crippen molar-refractivity contribution in [1.82, 2.24) is 15.0 Å². The Balaban J connectivity index is 1.77. The number of nitrogens with one attached hydrogen (secondary N) is 1. The van der Waals surface area contributed by atoms with E-state index in [9.17, 15) is 4.79 Å². The van der Waals surface area contributed by atoms with Crippen LogP contribution >= 0.6 is 11.3 Å². The zero-order chi connectivity index (χ0) is 19.5. The van der Waals surface area contributed by atoms with Gasteiger partial charge in [-0.25, -0.2) is 4.98 Å². The lowest BCUT2D eigenvalue weighted by Crippen LogP contribution is -2.13. The molecule has 5 nitrogen and oxygen atoms in total. The smallest absolute Gasteiger partial charge is 0.276 e. The molecule has 28 heavy (non-hydrogen) atoms.